The summed E-state index contributed by atoms with van der Waals surface area (Å²) in [6.45, 7) is 7.00. The van der Waals surface area contributed by atoms with E-state index in [0.717, 1.165) is 18.3 Å². The Morgan fingerprint density at radius 2 is 1.94 bits per heavy atom. The van der Waals surface area contributed by atoms with E-state index in [-0.39, 0.29) is 0 Å². The Hall–Kier alpha value is -0.980. The van der Waals surface area contributed by atoms with Gasteiger partial charge in [-0.2, -0.15) is 0 Å². The van der Waals surface area contributed by atoms with Gasteiger partial charge in [-0.3, -0.25) is 0 Å². The van der Waals surface area contributed by atoms with Gasteiger partial charge < -0.3 is 5.32 Å². The Labute approximate surface area is 106 Å². The summed E-state index contributed by atoms with van der Waals surface area (Å²) in [6, 6.07) is 9.40. The molecule has 3 unspecified atom stereocenters. The topological polar surface area (TPSA) is 12.0 Å². The Morgan fingerprint density at radius 3 is 2.65 bits per heavy atom. The molecule has 1 heteroatoms. The third kappa shape index (κ3) is 3.02. The molecule has 94 valence electrons. The fraction of sp³-hybridized carbons (Fsp3) is 0.625. The maximum Gasteiger partial charge on any atom is 0.0374 e. The van der Waals surface area contributed by atoms with E-state index in [4.69, 9.17) is 0 Å². The summed E-state index contributed by atoms with van der Waals surface area (Å²) < 4.78 is 0. The number of anilines is 1. The molecule has 1 aromatic rings. The second-order valence-electron chi connectivity index (χ2n) is 5.66. The van der Waals surface area contributed by atoms with Crippen molar-refractivity contribution in [2.24, 2.45) is 11.8 Å². The van der Waals surface area contributed by atoms with Crippen molar-refractivity contribution in [1.82, 2.24) is 0 Å². The van der Waals surface area contributed by atoms with Gasteiger partial charge in [0.15, 0.2) is 0 Å². The van der Waals surface area contributed by atoms with Gasteiger partial charge in [0, 0.05) is 11.7 Å². The summed E-state index contributed by atoms with van der Waals surface area (Å²) in [5, 5.41) is 3.77. The molecule has 1 fully saturated rings. The molecule has 0 aliphatic heterocycles. The highest BCUT2D eigenvalue weighted by molar-refractivity contribution is 5.51. The molecule has 0 spiro atoms. The summed E-state index contributed by atoms with van der Waals surface area (Å²) in [5.74, 6) is 1.70. The number of hydrogen-bond donors (Lipinski definition) is 1. The van der Waals surface area contributed by atoms with Crippen LogP contribution < -0.4 is 5.32 Å². The van der Waals surface area contributed by atoms with E-state index in [2.05, 4.69) is 50.4 Å². The average Bonchev–Trinajstić information content (AvgIpc) is 2.33. The van der Waals surface area contributed by atoms with E-state index in [0.29, 0.717) is 6.04 Å². The highest BCUT2D eigenvalue weighted by atomic mass is 14.9. The second-order valence-corrected chi connectivity index (χ2v) is 5.66. The van der Waals surface area contributed by atoms with Gasteiger partial charge in [-0.15, -0.1) is 0 Å². The van der Waals surface area contributed by atoms with Crippen molar-refractivity contribution in [1.29, 1.82) is 0 Å². The lowest BCUT2D eigenvalue weighted by Gasteiger charge is -2.34. The quantitative estimate of drug-likeness (QED) is 0.808. The van der Waals surface area contributed by atoms with Crippen molar-refractivity contribution in [3.63, 3.8) is 0 Å². The van der Waals surface area contributed by atoms with Crippen LogP contribution in [0.5, 0.6) is 0 Å². The first kappa shape index (κ1) is 12.5. The summed E-state index contributed by atoms with van der Waals surface area (Å²) in [5.41, 5.74) is 2.79. The van der Waals surface area contributed by atoms with Crippen molar-refractivity contribution >= 4 is 5.69 Å². The van der Waals surface area contributed by atoms with Gasteiger partial charge in [0.1, 0.15) is 0 Å². The van der Waals surface area contributed by atoms with Gasteiger partial charge >= 0.3 is 0 Å². The standard InChI is InChI=1S/C16H25N/c1-4-14-7-5-6-8-16(14)17-15-10-9-12(2)11-13(15)3/h5-8,12-13,15,17H,4,9-11H2,1-3H3. The molecule has 1 saturated carbocycles. The monoisotopic (exact) mass is 231 g/mol. The minimum Gasteiger partial charge on any atom is -0.382 e. The SMILES string of the molecule is CCc1ccccc1NC1CCC(C)CC1C. The number of hydrogen-bond acceptors (Lipinski definition) is 1. The Kier molecular flexibility index (Phi) is 4.09. The molecule has 1 aromatic carbocycles. The van der Waals surface area contributed by atoms with Crippen LogP contribution in [0.3, 0.4) is 0 Å². The predicted octanol–water partition coefficient (Wildman–Crippen LogP) is 4.49. The van der Waals surface area contributed by atoms with Crippen molar-refractivity contribution in [2.45, 2.75) is 52.5 Å². The van der Waals surface area contributed by atoms with E-state index in [1.807, 2.05) is 0 Å². The highest BCUT2D eigenvalue weighted by Crippen LogP contribution is 2.31. The Balaban J connectivity index is 2.05. The van der Waals surface area contributed by atoms with E-state index in [1.54, 1.807) is 0 Å². The first-order valence-corrected chi connectivity index (χ1v) is 7.05. The zero-order valence-corrected chi connectivity index (χ0v) is 11.4. The molecule has 3 atom stereocenters. The molecule has 0 saturated heterocycles. The molecular formula is C16H25N. The lowest BCUT2D eigenvalue weighted by Crippen LogP contribution is -2.33. The van der Waals surface area contributed by atoms with Crippen LogP contribution >= 0.6 is 0 Å². The summed E-state index contributed by atoms with van der Waals surface area (Å²) >= 11 is 0. The zero-order chi connectivity index (χ0) is 12.3. The molecule has 2 rings (SSSR count). The van der Waals surface area contributed by atoms with E-state index in [1.165, 1.54) is 30.5 Å². The lowest BCUT2D eigenvalue weighted by molar-refractivity contribution is 0.276. The molecule has 0 amide bonds. The predicted molar refractivity (Wildman–Crippen MR) is 75.4 cm³/mol. The average molecular weight is 231 g/mol. The van der Waals surface area contributed by atoms with Crippen LogP contribution in [0.25, 0.3) is 0 Å². The molecule has 1 nitrogen and oxygen atoms in total. The second kappa shape index (κ2) is 5.57. The summed E-state index contributed by atoms with van der Waals surface area (Å²) in [7, 11) is 0. The van der Waals surface area contributed by atoms with Crippen molar-refractivity contribution in [2.75, 3.05) is 5.32 Å². The van der Waals surface area contributed by atoms with E-state index < -0.39 is 0 Å². The van der Waals surface area contributed by atoms with Crippen LogP contribution in [0.2, 0.25) is 0 Å². The molecule has 0 aromatic heterocycles. The van der Waals surface area contributed by atoms with Crippen LogP contribution in [-0.2, 0) is 6.42 Å². The summed E-state index contributed by atoms with van der Waals surface area (Å²) in [4.78, 5) is 0. The lowest BCUT2D eigenvalue weighted by atomic mass is 9.79. The van der Waals surface area contributed by atoms with Gasteiger partial charge in [0.25, 0.3) is 0 Å². The minimum atomic E-state index is 0.666. The maximum absolute atomic E-state index is 3.77. The minimum absolute atomic E-state index is 0.666. The molecule has 1 N–H and O–H groups in total. The molecule has 17 heavy (non-hydrogen) atoms. The van der Waals surface area contributed by atoms with Crippen LogP contribution in [0.15, 0.2) is 24.3 Å². The third-order valence-electron chi connectivity index (χ3n) is 4.17. The molecule has 1 aliphatic rings. The van der Waals surface area contributed by atoms with Crippen LogP contribution in [0, 0.1) is 11.8 Å². The van der Waals surface area contributed by atoms with Crippen LogP contribution in [-0.4, -0.2) is 6.04 Å². The molecular weight excluding hydrogens is 206 g/mol. The van der Waals surface area contributed by atoms with Crippen LogP contribution in [0.4, 0.5) is 5.69 Å². The first-order chi connectivity index (χ1) is 8.20. The smallest absolute Gasteiger partial charge is 0.0374 e. The number of rotatable bonds is 3. The number of para-hydroxylation sites is 1. The largest absolute Gasteiger partial charge is 0.382 e. The first-order valence-electron chi connectivity index (χ1n) is 7.05. The maximum atomic E-state index is 3.77. The number of benzene rings is 1. The van der Waals surface area contributed by atoms with Gasteiger partial charge in [-0.05, 0) is 49.1 Å². The van der Waals surface area contributed by atoms with Crippen LogP contribution in [0.1, 0.15) is 45.6 Å². The molecule has 0 heterocycles. The highest BCUT2D eigenvalue weighted by Gasteiger charge is 2.25. The van der Waals surface area contributed by atoms with Gasteiger partial charge in [0.05, 0.1) is 0 Å². The number of nitrogens with one attached hydrogen (secondary N) is 1. The van der Waals surface area contributed by atoms with Gasteiger partial charge in [-0.1, -0.05) is 39.0 Å². The molecule has 0 radical (unpaired) electrons. The Morgan fingerprint density at radius 1 is 1.18 bits per heavy atom. The van der Waals surface area contributed by atoms with Gasteiger partial charge in [0.2, 0.25) is 0 Å². The molecule has 1 aliphatic carbocycles. The molecule has 0 bridgehead atoms. The fourth-order valence-electron chi connectivity index (χ4n) is 3.05. The zero-order valence-electron chi connectivity index (χ0n) is 11.4. The fourth-order valence-corrected chi connectivity index (χ4v) is 3.05. The van der Waals surface area contributed by atoms with E-state index >= 15 is 0 Å². The van der Waals surface area contributed by atoms with Crippen molar-refractivity contribution < 1.29 is 0 Å². The normalized spacial score (nSPS) is 29.0. The van der Waals surface area contributed by atoms with Crippen molar-refractivity contribution in [3.05, 3.63) is 29.8 Å². The van der Waals surface area contributed by atoms with Gasteiger partial charge in [-0.25, -0.2) is 0 Å². The van der Waals surface area contributed by atoms with Crippen molar-refractivity contribution in [3.8, 4) is 0 Å². The van der Waals surface area contributed by atoms with E-state index in [9.17, 15) is 0 Å². The number of aryl methyl sites for hydroxylation is 1. The Bertz CT molecular complexity index is 358. The third-order valence-corrected chi connectivity index (χ3v) is 4.17. The summed E-state index contributed by atoms with van der Waals surface area (Å²) in [6.07, 6.45) is 5.17.